The summed E-state index contributed by atoms with van der Waals surface area (Å²) in [4.78, 5) is 12.6. The molecule has 0 atom stereocenters. The summed E-state index contributed by atoms with van der Waals surface area (Å²) in [5.41, 5.74) is 3.19. The predicted octanol–water partition coefficient (Wildman–Crippen LogP) is 5.24. The summed E-state index contributed by atoms with van der Waals surface area (Å²) in [6.07, 6.45) is 1.26. The molecule has 4 rings (SSSR count). The monoisotopic (exact) mass is 502 g/mol. The number of carbonyl (C=O) groups excluding carboxylic acids is 1. The number of nitrogens with one attached hydrogen (secondary N) is 2. The summed E-state index contributed by atoms with van der Waals surface area (Å²) >= 11 is 0. The van der Waals surface area contributed by atoms with Crippen molar-refractivity contribution in [2.75, 3.05) is 17.1 Å². The Hall–Kier alpha value is -4.30. The van der Waals surface area contributed by atoms with Crippen molar-refractivity contribution in [2.24, 2.45) is 0 Å². The molecule has 0 bridgehead atoms. The van der Waals surface area contributed by atoms with Crippen LogP contribution in [-0.2, 0) is 22.9 Å². The van der Waals surface area contributed by atoms with Crippen molar-refractivity contribution in [3.05, 3.63) is 114 Å². The third-order valence-corrected chi connectivity index (χ3v) is 7.06. The maximum Gasteiger partial charge on any atom is 0.261 e. The van der Waals surface area contributed by atoms with E-state index < -0.39 is 10.0 Å². The van der Waals surface area contributed by atoms with E-state index in [1.807, 2.05) is 24.3 Å². The molecule has 0 unspecified atom stereocenters. The lowest BCUT2D eigenvalue weighted by atomic mass is 10.0. The largest absolute Gasteiger partial charge is 0.506 e. The van der Waals surface area contributed by atoms with Gasteiger partial charge in [-0.15, -0.1) is 0 Å². The fourth-order valence-electron chi connectivity index (χ4n) is 3.67. The van der Waals surface area contributed by atoms with E-state index in [1.165, 1.54) is 25.3 Å². The Labute approximate surface area is 210 Å². The standard InChI is InChI=1S/C28H26N2O5S/c1-35-23-16-18-24(19-17-23)36(33,34)30-25-7-3-2-6-21(25)13-10-20-11-14-22(15-12-20)28(32)29-26-8-4-5-9-27(26)31/h2-9,11-12,14-19,30-31H,10,13H2,1H3,(H,29,32). The van der Waals surface area contributed by atoms with Gasteiger partial charge in [0.2, 0.25) is 0 Å². The fraction of sp³-hybridized carbons (Fsp3) is 0.107. The third-order valence-electron chi connectivity index (χ3n) is 5.68. The van der Waals surface area contributed by atoms with Gasteiger partial charge in [-0.2, -0.15) is 0 Å². The molecule has 4 aromatic carbocycles. The van der Waals surface area contributed by atoms with Crippen LogP contribution < -0.4 is 14.8 Å². The van der Waals surface area contributed by atoms with Crippen LogP contribution in [0.25, 0.3) is 0 Å². The van der Waals surface area contributed by atoms with E-state index in [-0.39, 0.29) is 16.6 Å². The van der Waals surface area contributed by atoms with Crippen LogP contribution in [0, 0.1) is 0 Å². The molecule has 0 heterocycles. The van der Waals surface area contributed by atoms with Crippen molar-refractivity contribution in [1.29, 1.82) is 0 Å². The average molecular weight is 503 g/mol. The number of para-hydroxylation sites is 3. The molecular weight excluding hydrogens is 476 g/mol. The SMILES string of the molecule is COc1ccc(S(=O)(=O)Nc2ccccc2CCc2ccc(C(=O)Nc3ccccc3O)cc2)cc1. The number of aromatic hydroxyl groups is 1. The van der Waals surface area contributed by atoms with Crippen LogP contribution in [-0.4, -0.2) is 26.5 Å². The molecule has 0 radical (unpaired) electrons. The topological polar surface area (TPSA) is 105 Å². The minimum atomic E-state index is -3.76. The van der Waals surface area contributed by atoms with Crippen LogP contribution in [0.5, 0.6) is 11.5 Å². The molecule has 0 aromatic heterocycles. The lowest BCUT2D eigenvalue weighted by molar-refractivity contribution is 0.102. The van der Waals surface area contributed by atoms with Crippen LogP contribution in [0.3, 0.4) is 0 Å². The van der Waals surface area contributed by atoms with Gasteiger partial charge in [0.1, 0.15) is 11.5 Å². The summed E-state index contributed by atoms with van der Waals surface area (Å²) in [6.45, 7) is 0. The number of hydrogen-bond acceptors (Lipinski definition) is 5. The number of benzene rings is 4. The molecule has 4 aromatic rings. The minimum Gasteiger partial charge on any atom is -0.506 e. The minimum absolute atomic E-state index is 0.00347. The summed E-state index contributed by atoms with van der Waals surface area (Å²) in [6, 6.07) is 27.2. The van der Waals surface area contributed by atoms with Gasteiger partial charge in [-0.3, -0.25) is 9.52 Å². The quantitative estimate of drug-likeness (QED) is 0.272. The van der Waals surface area contributed by atoms with E-state index in [2.05, 4.69) is 10.0 Å². The van der Waals surface area contributed by atoms with E-state index in [9.17, 15) is 18.3 Å². The number of hydrogen-bond donors (Lipinski definition) is 3. The number of aryl methyl sites for hydroxylation is 2. The zero-order valence-electron chi connectivity index (χ0n) is 19.6. The molecule has 7 nitrogen and oxygen atoms in total. The van der Waals surface area contributed by atoms with Crippen molar-refractivity contribution in [3.63, 3.8) is 0 Å². The van der Waals surface area contributed by atoms with Gasteiger partial charge in [0, 0.05) is 5.56 Å². The molecule has 0 saturated heterocycles. The highest BCUT2D eigenvalue weighted by atomic mass is 32.2. The Bertz CT molecular complexity index is 1450. The highest BCUT2D eigenvalue weighted by Crippen LogP contribution is 2.24. The van der Waals surface area contributed by atoms with Crippen molar-refractivity contribution in [1.82, 2.24) is 0 Å². The number of phenols is 1. The molecule has 0 aliphatic carbocycles. The van der Waals surface area contributed by atoms with Crippen LogP contribution in [0.2, 0.25) is 0 Å². The van der Waals surface area contributed by atoms with Gasteiger partial charge in [0.05, 0.1) is 23.4 Å². The Kier molecular flexibility index (Phi) is 7.56. The highest BCUT2D eigenvalue weighted by molar-refractivity contribution is 7.92. The van der Waals surface area contributed by atoms with E-state index >= 15 is 0 Å². The number of rotatable bonds is 9. The maximum absolute atomic E-state index is 12.9. The number of ether oxygens (including phenoxy) is 1. The first-order chi connectivity index (χ1) is 17.4. The molecule has 0 aliphatic heterocycles. The van der Waals surface area contributed by atoms with Gasteiger partial charge >= 0.3 is 0 Å². The molecular formula is C28H26N2O5S. The van der Waals surface area contributed by atoms with Crippen molar-refractivity contribution < 1.29 is 23.1 Å². The zero-order chi connectivity index (χ0) is 25.5. The summed E-state index contributed by atoms with van der Waals surface area (Å²) in [5, 5.41) is 12.5. The first-order valence-corrected chi connectivity index (χ1v) is 12.8. The number of carbonyl (C=O) groups is 1. The number of amides is 1. The van der Waals surface area contributed by atoms with Gasteiger partial charge in [0.15, 0.2) is 0 Å². The Morgan fingerprint density at radius 3 is 2.11 bits per heavy atom. The van der Waals surface area contributed by atoms with E-state index in [1.54, 1.807) is 54.6 Å². The summed E-state index contributed by atoms with van der Waals surface area (Å²) in [5.74, 6) is 0.265. The second kappa shape index (κ2) is 11.0. The number of phenolic OH excluding ortho intramolecular Hbond substituents is 1. The second-order valence-electron chi connectivity index (χ2n) is 8.11. The van der Waals surface area contributed by atoms with Gasteiger partial charge < -0.3 is 15.2 Å². The van der Waals surface area contributed by atoms with Crippen molar-refractivity contribution >= 4 is 27.3 Å². The van der Waals surface area contributed by atoms with E-state index in [4.69, 9.17) is 4.74 Å². The van der Waals surface area contributed by atoms with Gasteiger partial charge in [-0.05, 0) is 78.6 Å². The van der Waals surface area contributed by atoms with Gasteiger partial charge in [0.25, 0.3) is 15.9 Å². The molecule has 0 fully saturated rings. The molecule has 184 valence electrons. The average Bonchev–Trinajstić information content (AvgIpc) is 2.89. The first kappa shape index (κ1) is 24.8. The zero-order valence-corrected chi connectivity index (χ0v) is 20.5. The van der Waals surface area contributed by atoms with Crippen molar-refractivity contribution in [3.8, 4) is 11.5 Å². The molecule has 0 aliphatic rings. The second-order valence-corrected chi connectivity index (χ2v) is 9.79. The van der Waals surface area contributed by atoms with Gasteiger partial charge in [-0.1, -0.05) is 42.5 Å². The molecule has 0 spiro atoms. The van der Waals surface area contributed by atoms with Crippen LogP contribution >= 0.6 is 0 Å². The Morgan fingerprint density at radius 2 is 1.44 bits per heavy atom. The first-order valence-electron chi connectivity index (χ1n) is 11.3. The smallest absolute Gasteiger partial charge is 0.261 e. The molecule has 3 N–H and O–H groups in total. The van der Waals surface area contributed by atoms with E-state index in [0.717, 1.165) is 11.1 Å². The fourth-order valence-corrected chi connectivity index (χ4v) is 4.77. The maximum atomic E-state index is 12.9. The number of sulfonamides is 1. The summed E-state index contributed by atoms with van der Waals surface area (Å²) < 4.78 is 33.5. The highest BCUT2D eigenvalue weighted by Gasteiger charge is 2.16. The third kappa shape index (κ3) is 6.03. The van der Waals surface area contributed by atoms with Crippen LogP contribution in [0.4, 0.5) is 11.4 Å². The Balaban J connectivity index is 1.41. The molecule has 0 saturated carbocycles. The normalized spacial score (nSPS) is 11.0. The Morgan fingerprint density at radius 1 is 0.806 bits per heavy atom. The molecule has 8 heteroatoms. The lowest BCUT2D eigenvalue weighted by Gasteiger charge is -2.13. The summed E-state index contributed by atoms with van der Waals surface area (Å²) in [7, 11) is -2.23. The molecule has 36 heavy (non-hydrogen) atoms. The number of methoxy groups -OCH3 is 1. The number of anilines is 2. The predicted molar refractivity (Wildman–Crippen MR) is 140 cm³/mol. The van der Waals surface area contributed by atoms with Crippen LogP contribution in [0.1, 0.15) is 21.5 Å². The lowest BCUT2D eigenvalue weighted by Crippen LogP contribution is -2.14. The van der Waals surface area contributed by atoms with Gasteiger partial charge in [-0.25, -0.2) is 8.42 Å². The van der Waals surface area contributed by atoms with Crippen LogP contribution in [0.15, 0.2) is 102 Å². The van der Waals surface area contributed by atoms with Crippen molar-refractivity contribution in [2.45, 2.75) is 17.7 Å². The molecule has 1 amide bonds. The van der Waals surface area contributed by atoms with E-state index in [0.29, 0.717) is 35.5 Å².